The van der Waals surface area contributed by atoms with Crippen molar-refractivity contribution in [3.05, 3.63) is 48.2 Å². The molecule has 6 nitrogen and oxygen atoms in total. The molecule has 2 aromatic heterocycles. The molecule has 4 N–H and O–H groups in total. The van der Waals surface area contributed by atoms with Gasteiger partial charge in [0.2, 0.25) is 5.95 Å². The number of anilines is 3. The highest BCUT2D eigenvalue weighted by Gasteiger charge is 2.25. The summed E-state index contributed by atoms with van der Waals surface area (Å²) in [6.07, 6.45) is 2.47. The zero-order chi connectivity index (χ0) is 14.9. The third kappa shape index (κ3) is 2.63. The van der Waals surface area contributed by atoms with Gasteiger partial charge in [0.1, 0.15) is 5.82 Å². The van der Waals surface area contributed by atoms with Gasteiger partial charge in [-0.3, -0.25) is 5.10 Å². The normalized spacial score (nSPS) is 14.0. The molecule has 0 spiro atoms. The van der Waals surface area contributed by atoms with Crippen molar-refractivity contribution in [2.45, 2.75) is 18.8 Å². The van der Waals surface area contributed by atoms with Crippen molar-refractivity contribution in [3.63, 3.8) is 0 Å². The predicted octanol–water partition coefficient (Wildman–Crippen LogP) is 3.07. The van der Waals surface area contributed by atoms with Gasteiger partial charge < -0.3 is 11.1 Å². The standard InChI is InChI=1S/C16H16N6/c17-16-18-12(10-4-2-1-3-5-10)8-14(20-16)19-15-9-13(21-22-15)11-6-7-11/h1-5,8-9,11H,6-7H2,(H4,17,18,19,20,21,22). The Labute approximate surface area is 127 Å². The fourth-order valence-corrected chi connectivity index (χ4v) is 2.42. The number of nitrogens with one attached hydrogen (secondary N) is 2. The number of nitrogen functional groups attached to an aromatic ring is 1. The Kier molecular flexibility index (Phi) is 3.00. The Morgan fingerprint density at radius 1 is 1.05 bits per heavy atom. The first-order valence-corrected chi connectivity index (χ1v) is 7.30. The van der Waals surface area contributed by atoms with Gasteiger partial charge in [0.15, 0.2) is 5.82 Å². The third-order valence-electron chi connectivity index (χ3n) is 3.68. The molecule has 0 unspecified atom stereocenters. The molecule has 3 aromatic rings. The van der Waals surface area contributed by atoms with E-state index in [0.717, 1.165) is 17.1 Å². The number of rotatable bonds is 4. The Morgan fingerprint density at radius 2 is 1.86 bits per heavy atom. The van der Waals surface area contributed by atoms with E-state index in [-0.39, 0.29) is 5.95 Å². The summed E-state index contributed by atoms with van der Waals surface area (Å²) in [6, 6.07) is 13.8. The van der Waals surface area contributed by atoms with Crippen LogP contribution in [0.5, 0.6) is 0 Å². The van der Waals surface area contributed by atoms with Crippen LogP contribution in [0, 0.1) is 0 Å². The first kappa shape index (κ1) is 12.8. The van der Waals surface area contributed by atoms with Gasteiger partial charge >= 0.3 is 0 Å². The van der Waals surface area contributed by atoms with Crippen LogP contribution in [0.3, 0.4) is 0 Å². The molecule has 0 radical (unpaired) electrons. The minimum atomic E-state index is 0.238. The molecule has 0 aliphatic heterocycles. The van der Waals surface area contributed by atoms with Crippen LogP contribution in [0.15, 0.2) is 42.5 Å². The average molecular weight is 292 g/mol. The van der Waals surface area contributed by atoms with Crippen molar-refractivity contribution in [1.29, 1.82) is 0 Å². The van der Waals surface area contributed by atoms with Crippen molar-refractivity contribution < 1.29 is 0 Å². The number of aromatic nitrogens is 4. The summed E-state index contributed by atoms with van der Waals surface area (Å²) in [5.41, 5.74) is 8.78. The summed E-state index contributed by atoms with van der Waals surface area (Å²) in [4.78, 5) is 8.51. The molecule has 1 aliphatic carbocycles. The number of nitrogens with zero attached hydrogens (tertiary/aromatic N) is 3. The maximum Gasteiger partial charge on any atom is 0.222 e. The SMILES string of the molecule is Nc1nc(Nc2cc(C3CC3)[nH]n2)cc(-c2ccccc2)n1. The van der Waals surface area contributed by atoms with E-state index in [1.165, 1.54) is 18.5 Å². The molecular formula is C16H16N6. The highest BCUT2D eigenvalue weighted by Crippen LogP contribution is 2.39. The maximum absolute atomic E-state index is 5.82. The predicted molar refractivity (Wildman–Crippen MR) is 85.7 cm³/mol. The number of nitrogens with two attached hydrogens (primary N) is 1. The Morgan fingerprint density at radius 3 is 2.64 bits per heavy atom. The van der Waals surface area contributed by atoms with E-state index in [9.17, 15) is 0 Å². The van der Waals surface area contributed by atoms with E-state index < -0.39 is 0 Å². The van der Waals surface area contributed by atoms with Gasteiger partial charge in [0, 0.05) is 29.3 Å². The molecule has 0 atom stereocenters. The van der Waals surface area contributed by atoms with E-state index in [2.05, 4.69) is 25.5 Å². The Balaban J connectivity index is 1.62. The van der Waals surface area contributed by atoms with Crippen LogP contribution in [0.1, 0.15) is 24.5 Å². The quantitative estimate of drug-likeness (QED) is 0.687. The lowest BCUT2D eigenvalue weighted by Crippen LogP contribution is -2.01. The molecule has 1 aliphatic rings. The summed E-state index contributed by atoms with van der Waals surface area (Å²) >= 11 is 0. The molecule has 2 heterocycles. The Bertz CT molecular complexity index is 791. The summed E-state index contributed by atoms with van der Waals surface area (Å²) in [6.45, 7) is 0. The number of hydrogen-bond acceptors (Lipinski definition) is 5. The Hall–Kier alpha value is -2.89. The fraction of sp³-hybridized carbons (Fsp3) is 0.188. The van der Waals surface area contributed by atoms with Crippen LogP contribution >= 0.6 is 0 Å². The van der Waals surface area contributed by atoms with Crippen molar-refractivity contribution in [3.8, 4) is 11.3 Å². The van der Waals surface area contributed by atoms with Gasteiger partial charge in [-0.2, -0.15) is 10.1 Å². The van der Waals surface area contributed by atoms with Gasteiger partial charge in [0.05, 0.1) is 5.69 Å². The van der Waals surface area contributed by atoms with Gasteiger partial charge in [-0.1, -0.05) is 30.3 Å². The van der Waals surface area contributed by atoms with E-state index in [1.54, 1.807) is 0 Å². The monoisotopic (exact) mass is 292 g/mol. The van der Waals surface area contributed by atoms with E-state index in [0.29, 0.717) is 11.7 Å². The largest absolute Gasteiger partial charge is 0.368 e. The minimum Gasteiger partial charge on any atom is -0.368 e. The number of hydrogen-bond donors (Lipinski definition) is 3. The molecular weight excluding hydrogens is 276 g/mol. The maximum atomic E-state index is 5.82. The zero-order valence-electron chi connectivity index (χ0n) is 12.0. The van der Waals surface area contributed by atoms with Crippen LogP contribution in [0.4, 0.5) is 17.6 Å². The van der Waals surface area contributed by atoms with E-state index in [1.807, 2.05) is 42.5 Å². The van der Waals surface area contributed by atoms with E-state index >= 15 is 0 Å². The van der Waals surface area contributed by atoms with Gasteiger partial charge in [-0.05, 0) is 12.8 Å². The molecule has 22 heavy (non-hydrogen) atoms. The molecule has 0 saturated heterocycles. The smallest absolute Gasteiger partial charge is 0.222 e. The second kappa shape index (κ2) is 5.14. The van der Waals surface area contributed by atoms with Crippen LogP contribution in [0.2, 0.25) is 0 Å². The summed E-state index contributed by atoms with van der Waals surface area (Å²) in [7, 11) is 0. The lowest BCUT2D eigenvalue weighted by molar-refractivity contribution is 0.966. The second-order valence-electron chi connectivity index (χ2n) is 5.47. The van der Waals surface area contributed by atoms with Crippen molar-refractivity contribution in [2.24, 2.45) is 0 Å². The average Bonchev–Trinajstić information content (AvgIpc) is 3.28. The van der Waals surface area contributed by atoms with Crippen LogP contribution in [-0.2, 0) is 0 Å². The molecule has 4 rings (SSSR count). The van der Waals surface area contributed by atoms with E-state index in [4.69, 9.17) is 5.73 Å². The summed E-state index contributed by atoms with van der Waals surface area (Å²) in [5.74, 6) is 2.26. The third-order valence-corrected chi connectivity index (χ3v) is 3.68. The van der Waals surface area contributed by atoms with Gasteiger partial charge in [-0.25, -0.2) is 4.98 Å². The fourth-order valence-electron chi connectivity index (χ4n) is 2.42. The number of aromatic amines is 1. The first-order chi connectivity index (χ1) is 10.8. The highest BCUT2D eigenvalue weighted by atomic mass is 15.2. The molecule has 0 bridgehead atoms. The zero-order valence-corrected chi connectivity index (χ0v) is 12.0. The molecule has 6 heteroatoms. The number of benzene rings is 1. The van der Waals surface area contributed by atoms with Crippen molar-refractivity contribution in [2.75, 3.05) is 11.1 Å². The molecule has 1 aromatic carbocycles. The summed E-state index contributed by atoms with van der Waals surface area (Å²) in [5, 5.41) is 10.5. The lowest BCUT2D eigenvalue weighted by atomic mass is 10.1. The summed E-state index contributed by atoms with van der Waals surface area (Å²) < 4.78 is 0. The van der Waals surface area contributed by atoms with Gasteiger partial charge in [-0.15, -0.1) is 0 Å². The first-order valence-electron chi connectivity index (χ1n) is 7.30. The molecule has 1 saturated carbocycles. The molecule has 1 fully saturated rings. The van der Waals surface area contributed by atoms with Crippen LogP contribution < -0.4 is 11.1 Å². The van der Waals surface area contributed by atoms with Crippen molar-refractivity contribution >= 4 is 17.6 Å². The highest BCUT2D eigenvalue weighted by molar-refractivity contribution is 5.66. The number of H-pyrrole nitrogens is 1. The minimum absolute atomic E-state index is 0.238. The molecule has 110 valence electrons. The van der Waals surface area contributed by atoms with Crippen molar-refractivity contribution in [1.82, 2.24) is 20.2 Å². The topological polar surface area (TPSA) is 92.5 Å². The van der Waals surface area contributed by atoms with Crippen LogP contribution in [-0.4, -0.2) is 20.2 Å². The molecule has 0 amide bonds. The van der Waals surface area contributed by atoms with Crippen LogP contribution in [0.25, 0.3) is 11.3 Å². The lowest BCUT2D eigenvalue weighted by Gasteiger charge is -2.06. The second-order valence-corrected chi connectivity index (χ2v) is 5.47. The van der Waals surface area contributed by atoms with Gasteiger partial charge in [0.25, 0.3) is 0 Å².